The lowest BCUT2D eigenvalue weighted by molar-refractivity contribution is -0.117. The van der Waals surface area contributed by atoms with Crippen LogP contribution in [0.5, 0.6) is 0 Å². The molecule has 0 radical (unpaired) electrons. The predicted octanol–water partition coefficient (Wildman–Crippen LogP) is 3.07. The molecule has 0 spiro atoms. The van der Waals surface area contributed by atoms with E-state index in [0.29, 0.717) is 15.4 Å². The number of amides is 1. The summed E-state index contributed by atoms with van der Waals surface area (Å²) in [4.78, 5) is 32.3. The molecule has 0 bridgehead atoms. The maximum atomic E-state index is 13.1. The van der Waals surface area contributed by atoms with Gasteiger partial charge in [0.25, 0.3) is 5.56 Å². The highest BCUT2D eigenvalue weighted by Crippen LogP contribution is 2.36. The third-order valence-corrected chi connectivity index (χ3v) is 5.54. The number of fused-ring (bicyclic) bond motifs is 1. The SMILES string of the molecule is Cc1sc2nc(S[C@H](C)C(N)=O)[nH]c(=O)c2c1-c1ccc(F)cc1. The van der Waals surface area contributed by atoms with E-state index in [1.165, 1.54) is 23.5 Å². The quantitative estimate of drug-likeness (QED) is 0.551. The Morgan fingerprint density at radius 1 is 1.38 bits per heavy atom. The number of benzene rings is 1. The Labute approximate surface area is 145 Å². The van der Waals surface area contributed by atoms with Crippen LogP contribution in [0, 0.1) is 12.7 Å². The molecule has 0 aliphatic heterocycles. The molecule has 3 aromatic rings. The van der Waals surface area contributed by atoms with Crippen LogP contribution in [0.3, 0.4) is 0 Å². The molecule has 0 aliphatic rings. The molecule has 1 amide bonds. The van der Waals surface area contributed by atoms with Crippen LogP contribution in [0.2, 0.25) is 0 Å². The molecule has 0 unspecified atom stereocenters. The van der Waals surface area contributed by atoms with Crippen molar-refractivity contribution in [2.45, 2.75) is 24.3 Å². The highest BCUT2D eigenvalue weighted by molar-refractivity contribution is 8.00. The minimum Gasteiger partial charge on any atom is -0.369 e. The average molecular weight is 363 g/mol. The van der Waals surface area contributed by atoms with Crippen molar-refractivity contribution in [3.63, 3.8) is 0 Å². The van der Waals surface area contributed by atoms with Gasteiger partial charge in [0.15, 0.2) is 5.16 Å². The molecule has 0 aliphatic carbocycles. The highest BCUT2D eigenvalue weighted by atomic mass is 32.2. The molecule has 0 saturated heterocycles. The summed E-state index contributed by atoms with van der Waals surface area (Å²) in [6.07, 6.45) is 0. The number of rotatable bonds is 4. The number of hydrogen-bond donors (Lipinski definition) is 2. The van der Waals surface area contributed by atoms with Crippen molar-refractivity contribution in [1.82, 2.24) is 9.97 Å². The molecule has 3 rings (SSSR count). The lowest BCUT2D eigenvalue weighted by Gasteiger charge is -2.06. The van der Waals surface area contributed by atoms with Crippen LogP contribution in [0.25, 0.3) is 21.3 Å². The van der Waals surface area contributed by atoms with E-state index in [0.717, 1.165) is 27.8 Å². The normalized spacial score (nSPS) is 12.5. The fourth-order valence-electron chi connectivity index (χ4n) is 2.34. The van der Waals surface area contributed by atoms with Gasteiger partial charge in [0, 0.05) is 10.4 Å². The van der Waals surface area contributed by atoms with Crippen LogP contribution >= 0.6 is 23.1 Å². The van der Waals surface area contributed by atoms with Crippen molar-refractivity contribution in [3.05, 3.63) is 45.3 Å². The minimum absolute atomic E-state index is 0.289. The van der Waals surface area contributed by atoms with Crippen LogP contribution in [0.4, 0.5) is 4.39 Å². The van der Waals surface area contributed by atoms with E-state index in [1.54, 1.807) is 19.1 Å². The first-order valence-corrected chi connectivity index (χ1v) is 8.81. The molecule has 2 aromatic heterocycles. The first-order valence-electron chi connectivity index (χ1n) is 7.12. The van der Waals surface area contributed by atoms with Crippen LogP contribution in [-0.4, -0.2) is 21.1 Å². The molecular formula is C16H14FN3O2S2. The number of H-pyrrole nitrogens is 1. The first-order chi connectivity index (χ1) is 11.4. The lowest BCUT2D eigenvalue weighted by atomic mass is 10.0. The van der Waals surface area contributed by atoms with Gasteiger partial charge in [-0.05, 0) is 31.5 Å². The number of carbonyl (C=O) groups excluding carboxylic acids is 1. The van der Waals surface area contributed by atoms with Gasteiger partial charge in [-0.25, -0.2) is 9.37 Å². The van der Waals surface area contributed by atoms with E-state index in [-0.39, 0.29) is 11.4 Å². The Hall–Kier alpha value is -2.19. The summed E-state index contributed by atoms with van der Waals surface area (Å²) in [7, 11) is 0. The zero-order valence-electron chi connectivity index (χ0n) is 12.9. The Kier molecular flexibility index (Phi) is 4.42. The van der Waals surface area contributed by atoms with E-state index >= 15 is 0 Å². The summed E-state index contributed by atoms with van der Waals surface area (Å²) in [6, 6.07) is 6.00. The van der Waals surface area contributed by atoms with Crippen LogP contribution in [-0.2, 0) is 4.79 Å². The van der Waals surface area contributed by atoms with Gasteiger partial charge in [0.2, 0.25) is 5.91 Å². The van der Waals surface area contributed by atoms with E-state index in [2.05, 4.69) is 9.97 Å². The predicted molar refractivity (Wildman–Crippen MR) is 94.9 cm³/mol. The van der Waals surface area contributed by atoms with Crippen molar-refractivity contribution in [1.29, 1.82) is 0 Å². The number of aromatic amines is 1. The number of nitrogens with zero attached hydrogens (tertiary/aromatic N) is 1. The molecule has 1 aromatic carbocycles. The Bertz CT molecular complexity index is 979. The van der Waals surface area contributed by atoms with E-state index in [4.69, 9.17) is 5.73 Å². The highest BCUT2D eigenvalue weighted by Gasteiger charge is 2.18. The number of carbonyl (C=O) groups is 1. The zero-order chi connectivity index (χ0) is 17.4. The van der Waals surface area contributed by atoms with Gasteiger partial charge in [-0.1, -0.05) is 23.9 Å². The monoisotopic (exact) mass is 363 g/mol. The summed E-state index contributed by atoms with van der Waals surface area (Å²) in [5.74, 6) is -0.806. The molecule has 5 nitrogen and oxygen atoms in total. The van der Waals surface area contributed by atoms with Gasteiger partial charge < -0.3 is 10.7 Å². The van der Waals surface area contributed by atoms with E-state index < -0.39 is 11.2 Å². The lowest BCUT2D eigenvalue weighted by Crippen LogP contribution is -2.23. The van der Waals surface area contributed by atoms with Crippen molar-refractivity contribution < 1.29 is 9.18 Å². The van der Waals surface area contributed by atoms with Gasteiger partial charge in [0.05, 0.1) is 10.6 Å². The molecule has 2 heterocycles. The van der Waals surface area contributed by atoms with E-state index in [1.807, 2.05) is 6.92 Å². The van der Waals surface area contributed by atoms with Crippen LogP contribution in [0.15, 0.2) is 34.2 Å². The second-order valence-electron chi connectivity index (χ2n) is 5.25. The van der Waals surface area contributed by atoms with Crippen LogP contribution < -0.4 is 11.3 Å². The Morgan fingerprint density at radius 2 is 2.04 bits per heavy atom. The number of nitrogens with one attached hydrogen (secondary N) is 1. The van der Waals surface area contributed by atoms with Crippen molar-refractivity contribution in [2.75, 3.05) is 0 Å². The summed E-state index contributed by atoms with van der Waals surface area (Å²) < 4.78 is 13.1. The van der Waals surface area contributed by atoms with E-state index in [9.17, 15) is 14.0 Å². The fraction of sp³-hybridized carbons (Fsp3) is 0.188. The van der Waals surface area contributed by atoms with Gasteiger partial charge in [-0.3, -0.25) is 9.59 Å². The van der Waals surface area contributed by atoms with Gasteiger partial charge in [-0.2, -0.15) is 0 Å². The number of hydrogen-bond acceptors (Lipinski definition) is 5. The van der Waals surface area contributed by atoms with Gasteiger partial charge in [0.1, 0.15) is 10.6 Å². The Balaban J connectivity index is 2.13. The van der Waals surface area contributed by atoms with Crippen molar-refractivity contribution >= 4 is 39.2 Å². The number of thiophene rings is 1. The number of aromatic nitrogens is 2. The smallest absolute Gasteiger partial charge is 0.260 e. The number of nitrogens with two attached hydrogens (primary N) is 1. The molecule has 124 valence electrons. The topological polar surface area (TPSA) is 88.8 Å². The van der Waals surface area contributed by atoms with Gasteiger partial charge in [-0.15, -0.1) is 11.3 Å². The molecule has 8 heteroatoms. The van der Waals surface area contributed by atoms with Crippen molar-refractivity contribution in [3.8, 4) is 11.1 Å². The molecule has 24 heavy (non-hydrogen) atoms. The molecule has 0 saturated carbocycles. The third kappa shape index (κ3) is 3.07. The summed E-state index contributed by atoms with van der Waals surface area (Å²) >= 11 is 2.50. The molecule has 1 atom stereocenters. The number of aryl methyl sites for hydroxylation is 1. The number of thioether (sulfide) groups is 1. The number of primary amides is 1. The second-order valence-corrected chi connectivity index (χ2v) is 7.79. The molecular weight excluding hydrogens is 349 g/mol. The fourth-order valence-corrected chi connectivity index (χ4v) is 4.19. The first kappa shape index (κ1) is 16.7. The minimum atomic E-state index is -0.497. The van der Waals surface area contributed by atoms with Crippen molar-refractivity contribution in [2.24, 2.45) is 5.73 Å². The second kappa shape index (κ2) is 6.37. The average Bonchev–Trinajstić information content (AvgIpc) is 2.84. The number of halogens is 1. The largest absolute Gasteiger partial charge is 0.369 e. The maximum absolute atomic E-state index is 13.1. The van der Waals surface area contributed by atoms with Crippen LogP contribution in [0.1, 0.15) is 11.8 Å². The summed E-state index contributed by atoms with van der Waals surface area (Å²) in [5.41, 5.74) is 6.47. The Morgan fingerprint density at radius 3 is 2.67 bits per heavy atom. The summed E-state index contributed by atoms with van der Waals surface area (Å²) in [5, 5.41) is 0.328. The van der Waals surface area contributed by atoms with Gasteiger partial charge >= 0.3 is 0 Å². The summed E-state index contributed by atoms with van der Waals surface area (Å²) in [6.45, 7) is 3.55. The molecule has 0 fully saturated rings. The standard InChI is InChI=1S/C16H14FN3O2S2/c1-7-11(9-3-5-10(17)6-4-9)12-14(22)19-16(20-15(12)23-7)24-8(2)13(18)21/h3-6,8H,1-2H3,(H2,18,21)(H,19,20,22)/t8-/m1/s1. The molecule has 3 N–H and O–H groups in total. The maximum Gasteiger partial charge on any atom is 0.260 e. The third-order valence-electron chi connectivity index (χ3n) is 3.54. The zero-order valence-corrected chi connectivity index (χ0v) is 14.6.